The van der Waals surface area contributed by atoms with Crippen molar-refractivity contribution in [1.29, 1.82) is 0 Å². The highest BCUT2D eigenvalue weighted by Crippen LogP contribution is 2.18. The maximum atomic E-state index is 12.0. The van der Waals surface area contributed by atoms with E-state index in [1.165, 1.54) is 6.42 Å². The van der Waals surface area contributed by atoms with E-state index >= 15 is 0 Å². The van der Waals surface area contributed by atoms with E-state index in [0.717, 1.165) is 19.5 Å². The molecule has 2 saturated heterocycles. The van der Waals surface area contributed by atoms with Gasteiger partial charge in [-0.3, -0.25) is 9.59 Å². The van der Waals surface area contributed by atoms with Crippen molar-refractivity contribution >= 4 is 11.8 Å². The fourth-order valence-corrected chi connectivity index (χ4v) is 2.87. The topological polar surface area (TPSA) is 70.7 Å². The van der Waals surface area contributed by atoms with Gasteiger partial charge in [0, 0.05) is 33.2 Å². The average molecular weight is 283 g/mol. The fourth-order valence-electron chi connectivity index (χ4n) is 2.87. The third-order valence-electron chi connectivity index (χ3n) is 4.16. The van der Waals surface area contributed by atoms with Crippen LogP contribution in [0.5, 0.6) is 0 Å². The van der Waals surface area contributed by atoms with Gasteiger partial charge in [-0.05, 0) is 31.8 Å². The third kappa shape index (κ3) is 4.18. The van der Waals surface area contributed by atoms with Gasteiger partial charge < -0.3 is 20.3 Å². The molecule has 2 rings (SSSR count). The number of carbonyl (C=O) groups is 2. The Kier molecular flexibility index (Phi) is 5.79. The molecule has 0 aromatic carbocycles. The zero-order chi connectivity index (χ0) is 14.4. The lowest BCUT2D eigenvalue weighted by atomic mass is 10.0. The Balaban J connectivity index is 1.66. The van der Waals surface area contributed by atoms with E-state index in [9.17, 15) is 9.59 Å². The standard InChI is InChI=1S/C14H25N3O3/c1-20-7-6-17-10-12(8-13(17)18)14(19)16-5-3-11-2-4-15-9-11/h11-12,15H,2-10H2,1H3,(H,16,19). The van der Waals surface area contributed by atoms with Gasteiger partial charge in [0.05, 0.1) is 12.5 Å². The summed E-state index contributed by atoms with van der Waals surface area (Å²) in [5.74, 6) is 0.561. The zero-order valence-electron chi connectivity index (χ0n) is 12.2. The van der Waals surface area contributed by atoms with Gasteiger partial charge in [-0.2, -0.15) is 0 Å². The number of hydrogen-bond acceptors (Lipinski definition) is 4. The predicted molar refractivity (Wildman–Crippen MR) is 75.2 cm³/mol. The van der Waals surface area contributed by atoms with Crippen LogP contribution in [0, 0.1) is 11.8 Å². The molecular weight excluding hydrogens is 258 g/mol. The number of hydrogen-bond donors (Lipinski definition) is 2. The third-order valence-corrected chi connectivity index (χ3v) is 4.16. The summed E-state index contributed by atoms with van der Waals surface area (Å²) in [5, 5.41) is 6.29. The summed E-state index contributed by atoms with van der Waals surface area (Å²) in [6.45, 7) is 4.49. The van der Waals surface area contributed by atoms with Crippen LogP contribution in [-0.2, 0) is 14.3 Å². The molecule has 0 aliphatic carbocycles. The van der Waals surface area contributed by atoms with Crippen LogP contribution < -0.4 is 10.6 Å². The number of likely N-dealkylation sites (tertiary alicyclic amines) is 1. The summed E-state index contributed by atoms with van der Waals surface area (Å²) < 4.78 is 4.97. The lowest BCUT2D eigenvalue weighted by Gasteiger charge is -2.16. The normalized spacial score (nSPS) is 26.2. The zero-order valence-corrected chi connectivity index (χ0v) is 12.2. The summed E-state index contributed by atoms with van der Waals surface area (Å²) >= 11 is 0. The molecule has 0 bridgehead atoms. The number of nitrogens with zero attached hydrogens (tertiary/aromatic N) is 1. The van der Waals surface area contributed by atoms with Gasteiger partial charge in [-0.25, -0.2) is 0 Å². The molecule has 0 aromatic heterocycles. The number of ether oxygens (including phenoxy) is 1. The molecule has 2 atom stereocenters. The van der Waals surface area contributed by atoms with Crippen molar-refractivity contribution in [3.63, 3.8) is 0 Å². The molecule has 2 N–H and O–H groups in total. The highest BCUT2D eigenvalue weighted by Gasteiger charge is 2.33. The van der Waals surface area contributed by atoms with Gasteiger partial charge in [0.25, 0.3) is 0 Å². The molecule has 0 aromatic rings. The smallest absolute Gasteiger partial charge is 0.225 e. The van der Waals surface area contributed by atoms with E-state index in [2.05, 4.69) is 10.6 Å². The molecule has 6 nitrogen and oxygen atoms in total. The molecule has 0 saturated carbocycles. The first-order valence-corrected chi connectivity index (χ1v) is 7.46. The van der Waals surface area contributed by atoms with Gasteiger partial charge in [-0.1, -0.05) is 0 Å². The average Bonchev–Trinajstić information content (AvgIpc) is 3.06. The van der Waals surface area contributed by atoms with Crippen molar-refractivity contribution in [1.82, 2.24) is 15.5 Å². The first-order valence-electron chi connectivity index (χ1n) is 7.46. The van der Waals surface area contributed by atoms with Crippen LogP contribution >= 0.6 is 0 Å². The van der Waals surface area contributed by atoms with Gasteiger partial charge in [0.2, 0.25) is 11.8 Å². The highest BCUT2D eigenvalue weighted by molar-refractivity contribution is 5.89. The van der Waals surface area contributed by atoms with E-state index in [1.807, 2.05) is 0 Å². The second kappa shape index (κ2) is 7.59. The Bertz CT molecular complexity index is 343. The van der Waals surface area contributed by atoms with Crippen LogP contribution in [0.2, 0.25) is 0 Å². The van der Waals surface area contributed by atoms with E-state index < -0.39 is 0 Å². The Morgan fingerprint density at radius 2 is 2.40 bits per heavy atom. The molecule has 6 heteroatoms. The summed E-state index contributed by atoms with van der Waals surface area (Å²) in [4.78, 5) is 25.5. The van der Waals surface area contributed by atoms with Crippen molar-refractivity contribution < 1.29 is 14.3 Å². The monoisotopic (exact) mass is 283 g/mol. The lowest BCUT2D eigenvalue weighted by Crippen LogP contribution is -2.35. The first-order chi connectivity index (χ1) is 9.70. The molecule has 114 valence electrons. The summed E-state index contributed by atoms with van der Waals surface area (Å²) in [6.07, 6.45) is 2.55. The van der Waals surface area contributed by atoms with E-state index in [4.69, 9.17) is 4.74 Å². The fraction of sp³-hybridized carbons (Fsp3) is 0.857. The Hall–Kier alpha value is -1.14. The molecule has 2 heterocycles. The molecule has 2 fully saturated rings. The molecule has 2 amide bonds. The molecule has 20 heavy (non-hydrogen) atoms. The number of rotatable bonds is 7. The number of amides is 2. The van der Waals surface area contributed by atoms with Crippen LogP contribution in [0.15, 0.2) is 0 Å². The van der Waals surface area contributed by atoms with Crippen LogP contribution in [0.25, 0.3) is 0 Å². The van der Waals surface area contributed by atoms with Gasteiger partial charge in [-0.15, -0.1) is 0 Å². The van der Waals surface area contributed by atoms with E-state index in [0.29, 0.717) is 38.6 Å². The molecule has 2 aliphatic heterocycles. The van der Waals surface area contributed by atoms with Crippen molar-refractivity contribution in [2.75, 3.05) is 46.4 Å². The molecule has 0 radical (unpaired) electrons. The minimum Gasteiger partial charge on any atom is -0.383 e. The number of carbonyl (C=O) groups excluding carboxylic acids is 2. The Morgan fingerprint density at radius 1 is 1.55 bits per heavy atom. The van der Waals surface area contributed by atoms with Crippen LogP contribution in [-0.4, -0.2) is 63.2 Å². The first kappa shape index (κ1) is 15.3. The minimum absolute atomic E-state index is 0.0178. The predicted octanol–water partition coefficient (Wildman–Crippen LogP) is -0.403. The van der Waals surface area contributed by atoms with Gasteiger partial charge >= 0.3 is 0 Å². The molecule has 2 aliphatic rings. The molecule has 0 spiro atoms. The maximum Gasteiger partial charge on any atom is 0.225 e. The summed E-state index contributed by atoms with van der Waals surface area (Å²) in [5.41, 5.74) is 0. The SMILES string of the molecule is COCCN1CC(C(=O)NCCC2CCNC2)CC1=O. The summed E-state index contributed by atoms with van der Waals surface area (Å²) in [7, 11) is 1.61. The van der Waals surface area contributed by atoms with Gasteiger partial charge in [0.15, 0.2) is 0 Å². The van der Waals surface area contributed by atoms with Gasteiger partial charge in [0.1, 0.15) is 0 Å². The largest absolute Gasteiger partial charge is 0.383 e. The van der Waals surface area contributed by atoms with Crippen LogP contribution in [0.1, 0.15) is 19.3 Å². The van der Waals surface area contributed by atoms with E-state index in [-0.39, 0.29) is 17.7 Å². The second-order valence-corrected chi connectivity index (χ2v) is 5.67. The Morgan fingerprint density at radius 3 is 3.10 bits per heavy atom. The lowest BCUT2D eigenvalue weighted by molar-refractivity contribution is -0.129. The van der Waals surface area contributed by atoms with Crippen molar-refractivity contribution in [3.05, 3.63) is 0 Å². The van der Waals surface area contributed by atoms with Crippen molar-refractivity contribution in [2.45, 2.75) is 19.3 Å². The van der Waals surface area contributed by atoms with Crippen molar-refractivity contribution in [3.8, 4) is 0 Å². The molecular formula is C14H25N3O3. The highest BCUT2D eigenvalue weighted by atomic mass is 16.5. The Labute approximate surface area is 120 Å². The number of nitrogens with one attached hydrogen (secondary N) is 2. The minimum atomic E-state index is -0.193. The molecule has 2 unspecified atom stereocenters. The summed E-state index contributed by atoms with van der Waals surface area (Å²) in [6, 6.07) is 0. The van der Waals surface area contributed by atoms with Crippen LogP contribution in [0.3, 0.4) is 0 Å². The van der Waals surface area contributed by atoms with E-state index in [1.54, 1.807) is 12.0 Å². The van der Waals surface area contributed by atoms with Crippen molar-refractivity contribution in [2.24, 2.45) is 11.8 Å². The quantitative estimate of drug-likeness (QED) is 0.667. The maximum absolute atomic E-state index is 12.0. The van der Waals surface area contributed by atoms with Crippen LogP contribution in [0.4, 0.5) is 0 Å². The number of methoxy groups -OCH3 is 1. The second-order valence-electron chi connectivity index (χ2n) is 5.67.